The minimum atomic E-state index is 0.599. The lowest BCUT2D eigenvalue weighted by Crippen LogP contribution is -1.97. The summed E-state index contributed by atoms with van der Waals surface area (Å²) in [5.41, 5.74) is 4.74. The van der Waals surface area contributed by atoms with E-state index in [0.717, 1.165) is 46.6 Å². The molecule has 0 unspecified atom stereocenters. The first kappa shape index (κ1) is 20.5. The third kappa shape index (κ3) is 5.03. The quantitative estimate of drug-likeness (QED) is 0.256. The Hall–Kier alpha value is -2.78. The van der Waals surface area contributed by atoms with Gasteiger partial charge in [-0.2, -0.15) is 0 Å². The highest BCUT2D eigenvalue weighted by molar-refractivity contribution is 6.31. The lowest BCUT2D eigenvalue weighted by atomic mass is 10.0. The zero-order chi connectivity index (χ0) is 20.8. The van der Waals surface area contributed by atoms with Crippen molar-refractivity contribution in [3.8, 4) is 28.3 Å². The summed E-state index contributed by atoms with van der Waals surface area (Å²) in [7, 11) is 0. The summed E-state index contributed by atoms with van der Waals surface area (Å²) in [5, 5.41) is 0.654. The van der Waals surface area contributed by atoms with Crippen LogP contribution in [0.3, 0.4) is 0 Å². The fraction of sp³-hybridized carbons (Fsp3) is 0.269. The molecule has 1 aromatic heterocycles. The molecule has 0 amide bonds. The van der Waals surface area contributed by atoms with E-state index in [1.165, 1.54) is 25.7 Å². The van der Waals surface area contributed by atoms with E-state index in [-0.39, 0.29) is 0 Å². The second-order valence-electron chi connectivity index (χ2n) is 7.50. The first-order valence-electron chi connectivity index (χ1n) is 10.6. The van der Waals surface area contributed by atoms with E-state index < -0.39 is 0 Å². The van der Waals surface area contributed by atoms with Crippen LogP contribution < -0.4 is 4.74 Å². The van der Waals surface area contributed by atoms with Gasteiger partial charge in [0.05, 0.1) is 6.61 Å². The summed E-state index contributed by atoms with van der Waals surface area (Å²) in [6, 6.07) is 22.0. The smallest absolute Gasteiger partial charge is 0.227 e. The van der Waals surface area contributed by atoms with Crippen molar-refractivity contribution in [2.45, 2.75) is 39.0 Å². The summed E-state index contributed by atoms with van der Waals surface area (Å²) in [6.45, 7) is 3.02. The molecule has 0 N–H and O–H groups in total. The van der Waals surface area contributed by atoms with Crippen molar-refractivity contribution in [1.29, 1.82) is 0 Å². The Bertz CT molecular complexity index is 1080. The summed E-state index contributed by atoms with van der Waals surface area (Å²) in [6.07, 6.45) is 6.24. The Morgan fingerprint density at radius 1 is 0.800 bits per heavy atom. The Morgan fingerprint density at radius 2 is 1.47 bits per heavy atom. The van der Waals surface area contributed by atoms with Crippen LogP contribution in [0.1, 0.15) is 39.0 Å². The van der Waals surface area contributed by atoms with Gasteiger partial charge in [0.2, 0.25) is 5.89 Å². The molecule has 0 spiro atoms. The summed E-state index contributed by atoms with van der Waals surface area (Å²) >= 11 is 6.04. The van der Waals surface area contributed by atoms with Gasteiger partial charge in [-0.3, -0.25) is 0 Å². The average molecular weight is 420 g/mol. The molecule has 3 nitrogen and oxygen atoms in total. The van der Waals surface area contributed by atoms with E-state index in [1.54, 1.807) is 0 Å². The third-order valence-corrected chi connectivity index (χ3v) is 5.42. The first-order chi connectivity index (χ1) is 14.7. The van der Waals surface area contributed by atoms with E-state index in [9.17, 15) is 0 Å². The van der Waals surface area contributed by atoms with Crippen molar-refractivity contribution in [1.82, 2.24) is 4.98 Å². The minimum absolute atomic E-state index is 0.599. The predicted octanol–water partition coefficient (Wildman–Crippen LogP) is 8.16. The summed E-state index contributed by atoms with van der Waals surface area (Å²) in [5.74, 6) is 1.53. The van der Waals surface area contributed by atoms with Gasteiger partial charge < -0.3 is 9.15 Å². The number of unbranched alkanes of at least 4 members (excludes halogenated alkanes) is 4. The predicted molar refractivity (Wildman–Crippen MR) is 124 cm³/mol. The number of hydrogen-bond donors (Lipinski definition) is 0. The van der Waals surface area contributed by atoms with Crippen LogP contribution in [0.25, 0.3) is 33.7 Å². The molecule has 4 heteroatoms. The number of oxazole rings is 1. The molecule has 0 saturated carbocycles. The second kappa shape index (κ2) is 9.82. The van der Waals surface area contributed by atoms with Crippen LogP contribution in [-0.2, 0) is 0 Å². The Labute approximate surface area is 182 Å². The number of benzene rings is 3. The maximum atomic E-state index is 6.04. The molecule has 0 radical (unpaired) electrons. The van der Waals surface area contributed by atoms with Gasteiger partial charge in [0.25, 0.3) is 0 Å². The molecule has 0 fully saturated rings. The molecular weight excluding hydrogens is 394 g/mol. The van der Waals surface area contributed by atoms with Gasteiger partial charge in [-0.1, -0.05) is 68.5 Å². The average Bonchev–Trinajstić information content (AvgIpc) is 3.20. The van der Waals surface area contributed by atoms with Gasteiger partial charge in [-0.25, -0.2) is 4.98 Å². The fourth-order valence-corrected chi connectivity index (χ4v) is 3.63. The van der Waals surface area contributed by atoms with Gasteiger partial charge in [0.1, 0.15) is 11.3 Å². The van der Waals surface area contributed by atoms with Crippen molar-refractivity contribution in [3.05, 3.63) is 71.8 Å². The van der Waals surface area contributed by atoms with E-state index >= 15 is 0 Å². The highest BCUT2D eigenvalue weighted by atomic mass is 35.5. The van der Waals surface area contributed by atoms with Gasteiger partial charge in [-0.15, -0.1) is 0 Å². The number of fused-ring (bicyclic) bond motifs is 1. The molecule has 4 rings (SSSR count). The molecule has 0 saturated heterocycles. The van der Waals surface area contributed by atoms with Crippen molar-refractivity contribution in [3.63, 3.8) is 0 Å². The topological polar surface area (TPSA) is 35.3 Å². The standard InChI is InChI=1S/C26H26ClNO2/c1-2-3-4-5-6-17-29-23-14-11-20(12-15-23)19-7-9-21(10-8-19)26-28-24-18-22(27)13-16-25(24)30-26/h7-16,18H,2-6,17H2,1H3. The number of ether oxygens (including phenoxy) is 1. The molecule has 0 aliphatic heterocycles. The van der Waals surface area contributed by atoms with Crippen molar-refractivity contribution in [2.24, 2.45) is 0 Å². The van der Waals surface area contributed by atoms with Gasteiger partial charge >= 0.3 is 0 Å². The third-order valence-electron chi connectivity index (χ3n) is 5.19. The molecule has 0 aliphatic rings. The highest BCUT2D eigenvalue weighted by Crippen LogP contribution is 2.29. The molecule has 4 aromatic rings. The zero-order valence-corrected chi connectivity index (χ0v) is 18.0. The van der Waals surface area contributed by atoms with Gasteiger partial charge in [0, 0.05) is 10.6 Å². The maximum absolute atomic E-state index is 6.04. The Morgan fingerprint density at radius 3 is 2.20 bits per heavy atom. The number of hydrogen-bond acceptors (Lipinski definition) is 3. The number of rotatable bonds is 9. The lowest BCUT2D eigenvalue weighted by molar-refractivity contribution is 0.304. The van der Waals surface area contributed by atoms with Crippen LogP contribution in [0.2, 0.25) is 5.02 Å². The van der Waals surface area contributed by atoms with Crippen molar-refractivity contribution < 1.29 is 9.15 Å². The molecule has 30 heavy (non-hydrogen) atoms. The van der Waals surface area contributed by atoms with Crippen LogP contribution in [0, 0.1) is 0 Å². The first-order valence-corrected chi connectivity index (χ1v) is 11.0. The molecule has 154 valence electrons. The fourth-order valence-electron chi connectivity index (χ4n) is 3.47. The van der Waals surface area contributed by atoms with Crippen LogP contribution in [0.4, 0.5) is 0 Å². The minimum Gasteiger partial charge on any atom is -0.494 e. The van der Waals surface area contributed by atoms with Crippen LogP contribution in [0.5, 0.6) is 5.75 Å². The van der Waals surface area contributed by atoms with Gasteiger partial charge in [0.15, 0.2) is 5.58 Å². The van der Waals surface area contributed by atoms with Crippen molar-refractivity contribution >= 4 is 22.7 Å². The molecular formula is C26H26ClNO2. The number of halogens is 1. The molecule has 1 heterocycles. The summed E-state index contributed by atoms with van der Waals surface area (Å²) < 4.78 is 11.7. The molecule has 3 aromatic carbocycles. The maximum Gasteiger partial charge on any atom is 0.227 e. The summed E-state index contributed by atoms with van der Waals surface area (Å²) in [4.78, 5) is 4.54. The number of aromatic nitrogens is 1. The lowest BCUT2D eigenvalue weighted by Gasteiger charge is -2.08. The van der Waals surface area contributed by atoms with E-state index in [4.69, 9.17) is 20.8 Å². The number of nitrogens with zero attached hydrogens (tertiary/aromatic N) is 1. The molecule has 0 aliphatic carbocycles. The largest absolute Gasteiger partial charge is 0.494 e. The van der Waals surface area contributed by atoms with Crippen LogP contribution in [-0.4, -0.2) is 11.6 Å². The van der Waals surface area contributed by atoms with Crippen LogP contribution >= 0.6 is 11.6 Å². The van der Waals surface area contributed by atoms with Crippen molar-refractivity contribution in [2.75, 3.05) is 6.61 Å². The van der Waals surface area contributed by atoms with Gasteiger partial charge in [-0.05, 0) is 60.0 Å². The second-order valence-corrected chi connectivity index (χ2v) is 7.93. The van der Waals surface area contributed by atoms with E-state index in [0.29, 0.717) is 10.9 Å². The molecule has 0 atom stereocenters. The SMILES string of the molecule is CCCCCCCOc1ccc(-c2ccc(-c3nc4cc(Cl)ccc4o3)cc2)cc1. The normalized spacial score (nSPS) is 11.1. The van der Waals surface area contributed by atoms with Crippen LogP contribution in [0.15, 0.2) is 71.1 Å². The molecule has 0 bridgehead atoms. The van der Waals surface area contributed by atoms with E-state index in [1.807, 2.05) is 42.5 Å². The Balaban J connectivity index is 1.38. The monoisotopic (exact) mass is 419 g/mol. The highest BCUT2D eigenvalue weighted by Gasteiger charge is 2.09. The zero-order valence-electron chi connectivity index (χ0n) is 17.2. The van der Waals surface area contributed by atoms with E-state index in [2.05, 4.69) is 36.2 Å². The Kier molecular flexibility index (Phi) is 6.70.